The smallest absolute Gasteiger partial charge is 0.253 e. The first-order valence-corrected chi connectivity index (χ1v) is 9.50. The summed E-state index contributed by atoms with van der Waals surface area (Å²) in [6.45, 7) is 2.61. The second-order valence-electron chi connectivity index (χ2n) is 6.71. The molecule has 1 heterocycles. The fourth-order valence-electron chi connectivity index (χ4n) is 3.29. The topological polar surface area (TPSA) is 63.2 Å². The van der Waals surface area contributed by atoms with Crippen LogP contribution >= 0.6 is 0 Å². The lowest BCUT2D eigenvalue weighted by atomic mass is 10.1. The summed E-state index contributed by atoms with van der Waals surface area (Å²) in [7, 11) is 0. The molecule has 0 unspecified atom stereocenters. The molecule has 0 saturated heterocycles. The maximum absolute atomic E-state index is 12.6. The molecule has 3 rings (SSSR count). The van der Waals surface area contributed by atoms with Gasteiger partial charge in [-0.25, -0.2) is 0 Å². The first-order valence-electron chi connectivity index (χ1n) is 9.50. The van der Waals surface area contributed by atoms with Gasteiger partial charge in [0.1, 0.15) is 5.75 Å². The summed E-state index contributed by atoms with van der Waals surface area (Å²) in [5, 5.41) is 6.45. The summed E-state index contributed by atoms with van der Waals surface area (Å²) in [4.78, 5) is 16.8. The number of hydrogen-bond donors (Lipinski definition) is 2. The quantitative estimate of drug-likeness (QED) is 0.740. The van der Waals surface area contributed by atoms with Gasteiger partial charge in [-0.05, 0) is 50.1 Å². The number of ether oxygens (including phenoxy) is 1. The molecule has 1 fully saturated rings. The van der Waals surface area contributed by atoms with Gasteiger partial charge in [0.05, 0.1) is 24.1 Å². The van der Waals surface area contributed by atoms with Crippen molar-refractivity contribution in [3.05, 3.63) is 48.3 Å². The van der Waals surface area contributed by atoms with E-state index in [9.17, 15) is 4.79 Å². The van der Waals surface area contributed by atoms with Gasteiger partial charge < -0.3 is 15.4 Å². The molecule has 1 saturated carbocycles. The Kier molecular flexibility index (Phi) is 6.47. The highest BCUT2D eigenvalue weighted by atomic mass is 16.5. The Hall–Kier alpha value is -2.56. The molecular formula is C21H27N3O2. The normalized spacial score (nSPS) is 15.1. The summed E-state index contributed by atoms with van der Waals surface area (Å²) in [6.07, 6.45) is 10.4. The number of rotatable bonds is 6. The Morgan fingerprint density at radius 3 is 2.50 bits per heavy atom. The van der Waals surface area contributed by atoms with E-state index in [0.717, 1.165) is 30.0 Å². The predicted molar refractivity (Wildman–Crippen MR) is 104 cm³/mol. The largest absolute Gasteiger partial charge is 0.494 e. The van der Waals surface area contributed by atoms with Crippen molar-refractivity contribution in [1.82, 2.24) is 10.3 Å². The minimum Gasteiger partial charge on any atom is -0.494 e. The van der Waals surface area contributed by atoms with Crippen LogP contribution in [0.3, 0.4) is 0 Å². The molecule has 0 spiro atoms. The molecular weight excluding hydrogens is 326 g/mol. The van der Waals surface area contributed by atoms with E-state index in [2.05, 4.69) is 15.6 Å². The highest BCUT2D eigenvalue weighted by molar-refractivity contribution is 5.95. The Morgan fingerprint density at radius 2 is 1.81 bits per heavy atom. The zero-order valence-electron chi connectivity index (χ0n) is 15.3. The summed E-state index contributed by atoms with van der Waals surface area (Å²) < 4.78 is 5.45. The molecule has 1 aliphatic rings. The highest BCUT2D eigenvalue weighted by Crippen LogP contribution is 2.21. The van der Waals surface area contributed by atoms with Gasteiger partial charge >= 0.3 is 0 Å². The van der Waals surface area contributed by atoms with Crippen LogP contribution in [-0.2, 0) is 0 Å². The number of benzene rings is 1. The van der Waals surface area contributed by atoms with E-state index >= 15 is 0 Å². The number of hydrogen-bond acceptors (Lipinski definition) is 4. The van der Waals surface area contributed by atoms with Gasteiger partial charge in [0, 0.05) is 17.9 Å². The van der Waals surface area contributed by atoms with Crippen LogP contribution in [0.5, 0.6) is 5.75 Å². The van der Waals surface area contributed by atoms with Gasteiger partial charge in [0.15, 0.2) is 0 Å². The number of carbonyl (C=O) groups is 1. The van der Waals surface area contributed by atoms with Crippen molar-refractivity contribution in [1.29, 1.82) is 0 Å². The summed E-state index contributed by atoms with van der Waals surface area (Å²) in [6, 6.07) is 9.86. The Labute approximate surface area is 155 Å². The lowest BCUT2D eigenvalue weighted by Crippen LogP contribution is -2.34. The lowest BCUT2D eigenvalue weighted by molar-refractivity contribution is 0.0933. The summed E-state index contributed by atoms with van der Waals surface area (Å²) in [5.41, 5.74) is 2.31. The molecule has 0 bridgehead atoms. The van der Waals surface area contributed by atoms with Crippen LogP contribution in [0.4, 0.5) is 11.4 Å². The number of nitrogens with zero attached hydrogens (tertiary/aromatic N) is 1. The molecule has 0 atom stereocenters. The van der Waals surface area contributed by atoms with E-state index in [1.165, 1.54) is 25.7 Å². The van der Waals surface area contributed by atoms with Crippen molar-refractivity contribution in [2.45, 2.75) is 51.5 Å². The van der Waals surface area contributed by atoms with Crippen molar-refractivity contribution in [2.75, 3.05) is 11.9 Å². The number of carbonyl (C=O) groups excluding carboxylic acids is 1. The zero-order valence-corrected chi connectivity index (χ0v) is 15.3. The zero-order chi connectivity index (χ0) is 18.2. The second-order valence-corrected chi connectivity index (χ2v) is 6.71. The van der Waals surface area contributed by atoms with Gasteiger partial charge in [-0.2, -0.15) is 0 Å². The fourth-order valence-corrected chi connectivity index (χ4v) is 3.29. The first kappa shape index (κ1) is 18.2. The van der Waals surface area contributed by atoms with E-state index in [4.69, 9.17) is 4.74 Å². The third-order valence-corrected chi connectivity index (χ3v) is 4.64. The maximum Gasteiger partial charge on any atom is 0.253 e. The molecule has 26 heavy (non-hydrogen) atoms. The molecule has 1 aromatic heterocycles. The van der Waals surface area contributed by atoms with Crippen molar-refractivity contribution < 1.29 is 9.53 Å². The van der Waals surface area contributed by atoms with E-state index < -0.39 is 0 Å². The number of aromatic nitrogens is 1. The average molecular weight is 353 g/mol. The molecule has 1 aliphatic carbocycles. The van der Waals surface area contributed by atoms with Crippen LogP contribution in [0, 0.1) is 0 Å². The summed E-state index contributed by atoms with van der Waals surface area (Å²) >= 11 is 0. The van der Waals surface area contributed by atoms with Gasteiger partial charge in [-0.3, -0.25) is 9.78 Å². The van der Waals surface area contributed by atoms with Crippen LogP contribution in [0.1, 0.15) is 55.8 Å². The van der Waals surface area contributed by atoms with E-state index in [-0.39, 0.29) is 11.9 Å². The van der Waals surface area contributed by atoms with Crippen LogP contribution in [0.15, 0.2) is 42.7 Å². The molecule has 138 valence electrons. The van der Waals surface area contributed by atoms with Gasteiger partial charge in [-0.15, -0.1) is 0 Å². The van der Waals surface area contributed by atoms with Crippen molar-refractivity contribution in [2.24, 2.45) is 0 Å². The molecule has 2 N–H and O–H groups in total. The van der Waals surface area contributed by atoms with Crippen LogP contribution < -0.4 is 15.4 Å². The minimum absolute atomic E-state index is 0.0419. The third kappa shape index (κ3) is 5.22. The van der Waals surface area contributed by atoms with Gasteiger partial charge in [-0.1, -0.05) is 25.7 Å². The van der Waals surface area contributed by atoms with Gasteiger partial charge in [0.25, 0.3) is 5.91 Å². The Bertz CT molecular complexity index is 707. The van der Waals surface area contributed by atoms with E-state index in [0.29, 0.717) is 12.2 Å². The van der Waals surface area contributed by atoms with Crippen LogP contribution in [0.25, 0.3) is 0 Å². The number of nitrogens with one attached hydrogen (secondary N) is 2. The standard InChI is InChI=1S/C21H27N3O2/c1-2-26-20-11-9-18(10-12-20)23-19-13-16(14-22-15-19)21(25)24-17-7-5-3-4-6-8-17/h9-15,17,23H,2-8H2,1H3,(H,24,25). The molecule has 0 aliphatic heterocycles. The van der Waals surface area contributed by atoms with Gasteiger partial charge in [0.2, 0.25) is 0 Å². The van der Waals surface area contributed by atoms with E-state index in [1.54, 1.807) is 12.4 Å². The number of anilines is 2. The minimum atomic E-state index is -0.0419. The maximum atomic E-state index is 12.6. The first-order chi connectivity index (χ1) is 12.7. The lowest BCUT2D eigenvalue weighted by Gasteiger charge is -2.16. The molecule has 1 amide bonds. The second kappa shape index (κ2) is 9.22. The van der Waals surface area contributed by atoms with Crippen molar-refractivity contribution in [3.8, 4) is 5.75 Å². The number of pyridine rings is 1. The fraction of sp³-hybridized carbons (Fsp3) is 0.429. The molecule has 2 aromatic rings. The van der Waals surface area contributed by atoms with Crippen LogP contribution in [0.2, 0.25) is 0 Å². The number of amides is 1. The molecule has 1 aromatic carbocycles. The molecule has 5 heteroatoms. The van der Waals surface area contributed by atoms with Crippen LogP contribution in [-0.4, -0.2) is 23.5 Å². The summed E-state index contributed by atoms with van der Waals surface area (Å²) in [5.74, 6) is 0.799. The Morgan fingerprint density at radius 1 is 1.08 bits per heavy atom. The van der Waals surface area contributed by atoms with Crippen molar-refractivity contribution in [3.63, 3.8) is 0 Å². The Balaban J connectivity index is 1.62. The monoisotopic (exact) mass is 353 g/mol. The van der Waals surface area contributed by atoms with E-state index in [1.807, 2.05) is 37.3 Å². The predicted octanol–water partition coefficient (Wildman–Crippen LogP) is 4.68. The average Bonchev–Trinajstić information content (AvgIpc) is 2.92. The van der Waals surface area contributed by atoms with Crippen molar-refractivity contribution >= 4 is 17.3 Å². The highest BCUT2D eigenvalue weighted by Gasteiger charge is 2.16. The SMILES string of the molecule is CCOc1ccc(Nc2cncc(C(=O)NC3CCCCCC3)c2)cc1. The molecule has 5 nitrogen and oxygen atoms in total. The third-order valence-electron chi connectivity index (χ3n) is 4.64. The molecule has 0 radical (unpaired) electrons.